The number of benzene rings is 1. The van der Waals surface area contributed by atoms with Crippen molar-refractivity contribution >= 4 is 26.0 Å². The molecule has 0 N–H and O–H groups in total. The van der Waals surface area contributed by atoms with Crippen molar-refractivity contribution in [1.82, 2.24) is 0 Å². The third-order valence-corrected chi connectivity index (χ3v) is 7.52. The van der Waals surface area contributed by atoms with Gasteiger partial charge in [-0.3, -0.25) is 0 Å². The predicted octanol–water partition coefficient (Wildman–Crippen LogP) is 6.38. The first-order valence-electron chi connectivity index (χ1n) is 6.21. The standard InChI is InChI=1S/C14H16ClF3S/c1-3-4-5-12-9-11-8-10(2)6-7-13(11)19(12,15)14(16,17)18/h6-9H,3-5H2,1-2H3. The smallest absolute Gasteiger partial charge is 0.160 e. The van der Waals surface area contributed by atoms with E-state index in [0.29, 0.717) is 16.9 Å². The van der Waals surface area contributed by atoms with Crippen LogP contribution in [0.3, 0.4) is 0 Å². The van der Waals surface area contributed by atoms with E-state index < -0.39 is 14.7 Å². The fraction of sp³-hybridized carbons (Fsp3) is 0.429. The second-order valence-electron chi connectivity index (χ2n) is 4.74. The average molecular weight is 309 g/mol. The van der Waals surface area contributed by atoms with Gasteiger partial charge in [0.25, 0.3) is 0 Å². The first kappa shape index (κ1) is 14.8. The minimum atomic E-state index is -4.39. The summed E-state index contributed by atoms with van der Waals surface area (Å²) in [6, 6.07) is 5.02. The van der Waals surface area contributed by atoms with E-state index in [1.807, 2.05) is 13.8 Å². The Morgan fingerprint density at radius 2 is 1.95 bits per heavy atom. The van der Waals surface area contributed by atoms with Crippen LogP contribution in [0.2, 0.25) is 0 Å². The summed E-state index contributed by atoms with van der Waals surface area (Å²) >= 11 is 0. The zero-order valence-electron chi connectivity index (χ0n) is 10.9. The molecule has 5 heteroatoms. The monoisotopic (exact) mass is 308 g/mol. The predicted molar refractivity (Wildman–Crippen MR) is 76.4 cm³/mol. The molecule has 0 saturated heterocycles. The zero-order chi connectivity index (χ0) is 14.3. The van der Waals surface area contributed by atoms with E-state index in [-0.39, 0.29) is 4.90 Å². The largest absolute Gasteiger partial charge is 0.445 e. The molecule has 1 atom stereocenters. The minimum absolute atomic E-state index is 0.248. The van der Waals surface area contributed by atoms with E-state index in [1.165, 1.54) is 6.07 Å². The van der Waals surface area contributed by atoms with Crippen molar-refractivity contribution in [2.45, 2.75) is 43.5 Å². The Morgan fingerprint density at radius 3 is 2.53 bits per heavy atom. The zero-order valence-corrected chi connectivity index (χ0v) is 12.4. The van der Waals surface area contributed by atoms with Gasteiger partial charge in [-0.15, -0.1) is 0 Å². The lowest BCUT2D eigenvalue weighted by atomic mass is 10.1. The summed E-state index contributed by atoms with van der Waals surface area (Å²) < 4.78 is 40.4. The lowest BCUT2D eigenvalue weighted by Gasteiger charge is -2.34. The van der Waals surface area contributed by atoms with Gasteiger partial charge >= 0.3 is 5.51 Å². The Hall–Kier alpha value is -0.610. The molecular weight excluding hydrogens is 293 g/mol. The Balaban J connectivity index is 2.53. The Morgan fingerprint density at radius 1 is 1.26 bits per heavy atom. The van der Waals surface area contributed by atoms with Crippen molar-refractivity contribution in [2.24, 2.45) is 0 Å². The Labute approximate surface area is 117 Å². The molecule has 106 valence electrons. The molecule has 0 aromatic heterocycles. The summed E-state index contributed by atoms with van der Waals surface area (Å²) in [5.41, 5.74) is -2.81. The maximum Gasteiger partial charge on any atom is 0.445 e. The molecule has 2 rings (SSSR count). The summed E-state index contributed by atoms with van der Waals surface area (Å²) in [7, 11) is 2.75. The SMILES string of the molecule is CCCCC1=Cc2cc(C)ccc2S1(Cl)C(F)(F)F. The van der Waals surface area contributed by atoms with Crippen molar-refractivity contribution in [3.63, 3.8) is 0 Å². The number of rotatable bonds is 3. The summed E-state index contributed by atoms with van der Waals surface area (Å²) in [6.45, 7) is 3.84. The minimum Gasteiger partial charge on any atom is -0.160 e. The number of fused-ring (bicyclic) bond motifs is 1. The number of halogens is 4. The third-order valence-electron chi connectivity index (χ3n) is 3.24. The molecule has 0 bridgehead atoms. The second kappa shape index (κ2) is 5.06. The summed E-state index contributed by atoms with van der Waals surface area (Å²) in [4.78, 5) is 0.600. The number of alkyl halides is 3. The van der Waals surface area contributed by atoms with Crippen molar-refractivity contribution < 1.29 is 13.2 Å². The number of unbranched alkanes of at least 4 members (excludes halogenated alkanes) is 1. The van der Waals surface area contributed by atoms with E-state index >= 15 is 0 Å². The summed E-state index contributed by atoms with van der Waals surface area (Å²) in [5, 5.41) is 0. The highest BCUT2D eigenvalue weighted by Crippen LogP contribution is 2.80. The number of allylic oxidation sites excluding steroid dienone is 1. The molecule has 0 aliphatic carbocycles. The van der Waals surface area contributed by atoms with Gasteiger partial charge in [0.15, 0.2) is 0 Å². The topological polar surface area (TPSA) is 0 Å². The van der Waals surface area contributed by atoms with Crippen LogP contribution < -0.4 is 0 Å². The lowest BCUT2D eigenvalue weighted by molar-refractivity contribution is -0.0359. The van der Waals surface area contributed by atoms with Crippen LogP contribution in [0.4, 0.5) is 13.2 Å². The molecular formula is C14H16ClF3S. The molecule has 1 heterocycles. The van der Waals surface area contributed by atoms with Gasteiger partial charge in [0.05, 0.1) is 0 Å². The molecule has 0 spiro atoms. The van der Waals surface area contributed by atoms with Gasteiger partial charge < -0.3 is 0 Å². The highest BCUT2D eigenvalue weighted by atomic mass is 35.7. The first-order valence-corrected chi connectivity index (χ1v) is 8.67. The summed E-state index contributed by atoms with van der Waals surface area (Å²) in [5.74, 6) is 0. The molecule has 1 unspecified atom stereocenters. The van der Waals surface area contributed by atoms with E-state index in [9.17, 15) is 13.2 Å². The second-order valence-corrected chi connectivity index (χ2v) is 8.63. The normalized spacial score (nSPS) is 25.7. The average Bonchev–Trinajstić information content (AvgIpc) is 2.59. The molecule has 19 heavy (non-hydrogen) atoms. The highest BCUT2D eigenvalue weighted by Gasteiger charge is 2.55. The number of hydrogen-bond donors (Lipinski definition) is 0. The van der Waals surface area contributed by atoms with Crippen LogP contribution in [0.25, 0.3) is 6.08 Å². The molecule has 0 amide bonds. The van der Waals surface area contributed by atoms with E-state index in [1.54, 1.807) is 18.2 Å². The summed E-state index contributed by atoms with van der Waals surface area (Å²) in [6.07, 6.45) is 3.66. The van der Waals surface area contributed by atoms with Gasteiger partial charge in [0, 0.05) is 4.90 Å². The van der Waals surface area contributed by atoms with Crippen molar-refractivity contribution in [3.8, 4) is 0 Å². The van der Waals surface area contributed by atoms with Crippen LogP contribution in [0.5, 0.6) is 0 Å². The van der Waals surface area contributed by atoms with Crippen molar-refractivity contribution in [2.75, 3.05) is 0 Å². The Kier molecular flexibility index (Phi) is 3.94. The highest BCUT2D eigenvalue weighted by molar-refractivity contribution is 8.54. The third kappa shape index (κ3) is 2.40. The first-order chi connectivity index (χ1) is 8.80. The molecule has 1 aliphatic heterocycles. The van der Waals surface area contributed by atoms with Gasteiger partial charge in [-0.1, -0.05) is 31.0 Å². The molecule has 1 aromatic carbocycles. The fourth-order valence-corrected chi connectivity index (χ4v) is 5.30. The maximum atomic E-state index is 13.5. The van der Waals surface area contributed by atoms with E-state index in [0.717, 1.165) is 18.4 Å². The Bertz CT molecular complexity index is 522. The molecule has 0 saturated carbocycles. The van der Waals surface area contributed by atoms with E-state index in [4.69, 9.17) is 10.7 Å². The van der Waals surface area contributed by atoms with Crippen LogP contribution in [-0.4, -0.2) is 5.51 Å². The number of hydrogen-bond acceptors (Lipinski definition) is 0. The van der Waals surface area contributed by atoms with Crippen LogP contribution in [0.15, 0.2) is 28.0 Å². The van der Waals surface area contributed by atoms with Crippen LogP contribution in [0.1, 0.15) is 37.3 Å². The molecule has 0 nitrogen and oxygen atoms in total. The number of aryl methyl sites for hydroxylation is 1. The van der Waals surface area contributed by atoms with Crippen LogP contribution in [0, 0.1) is 6.92 Å². The van der Waals surface area contributed by atoms with Crippen molar-refractivity contribution in [3.05, 3.63) is 34.2 Å². The van der Waals surface area contributed by atoms with Gasteiger partial charge in [-0.2, -0.15) is 13.2 Å². The van der Waals surface area contributed by atoms with Crippen LogP contribution in [-0.2, 0) is 0 Å². The van der Waals surface area contributed by atoms with Gasteiger partial charge in [0.2, 0.25) is 0 Å². The lowest BCUT2D eigenvalue weighted by Crippen LogP contribution is -2.16. The molecule has 0 fully saturated rings. The molecule has 1 aliphatic rings. The van der Waals surface area contributed by atoms with Crippen LogP contribution >= 0.6 is 19.9 Å². The quantitative estimate of drug-likeness (QED) is 0.608. The fourth-order valence-electron chi connectivity index (χ4n) is 2.27. The molecule has 0 radical (unpaired) electrons. The van der Waals surface area contributed by atoms with Gasteiger partial charge in [0.1, 0.15) is 0 Å². The maximum absolute atomic E-state index is 13.5. The van der Waals surface area contributed by atoms with Gasteiger partial charge in [-0.25, -0.2) is 0 Å². The molecule has 1 aromatic rings. The van der Waals surface area contributed by atoms with Crippen molar-refractivity contribution in [1.29, 1.82) is 0 Å². The van der Waals surface area contributed by atoms with E-state index in [2.05, 4.69) is 0 Å². The van der Waals surface area contributed by atoms with Gasteiger partial charge in [-0.05, 0) is 62.3 Å².